The number of carboxylic acids is 1. The third-order valence-electron chi connectivity index (χ3n) is 5.39. The molecule has 0 saturated heterocycles. The molecule has 0 aliphatic carbocycles. The normalized spacial score (nSPS) is 14.2. The zero-order valence-corrected chi connectivity index (χ0v) is 18.2. The second kappa shape index (κ2) is 8.97. The van der Waals surface area contributed by atoms with Crippen molar-refractivity contribution in [1.82, 2.24) is 9.62 Å². The molecule has 3 aromatic rings. The minimum Gasteiger partial charge on any atom is -0.480 e. The van der Waals surface area contributed by atoms with Crippen LogP contribution in [0, 0.1) is 0 Å². The molecule has 1 aliphatic heterocycles. The van der Waals surface area contributed by atoms with Gasteiger partial charge in [-0.1, -0.05) is 54.6 Å². The Hall–Kier alpha value is -3.82. The lowest BCUT2D eigenvalue weighted by molar-refractivity contribution is -0.139. The van der Waals surface area contributed by atoms with Crippen LogP contribution in [0.25, 0.3) is 11.1 Å². The highest BCUT2D eigenvalue weighted by molar-refractivity contribution is 7.89. The van der Waals surface area contributed by atoms with Crippen LogP contribution in [0.1, 0.15) is 27.1 Å². The molecule has 0 bridgehead atoms. The second-order valence-corrected chi connectivity index (χ2v) is 9.21. The number of nitrogens with one attached hydrogen (secondary N) is 1. The highest BCUT2D eigenvalue weighted by atomic mass is 32.2. The van der Waals surface area contributed by atoms with Gasteiger partial charge in [-0.15, -0.1) is 0 Å². The number of hydrogen-bond acceptors (Lipinski definition) is 5. The Balaban J connectivity index is 1.46. The van der Waals surface area contributed by atoms with E-state index in [1.54, 1.807) is 24.3 Å². The smallest absolute Gasteiger partial charge is 0.321 e. The summed E-state index contributed by atoms with van der Waals surface area (Å²) in [6.07, 6.45) is -0.276. The van der Waals surface area contributed by atoms with Gasteiger partial charge in [0.25, 0.3) is 11.8 Å². The first-order chi connectivity index (χ1) is 15.8. The lowest BCUT2D eigenvalue weighted by Gasteiger charge is -2.19. The summed E-state index contributed by atoms with van der Waals surface area (Å²) in [5.41, 5.74) is 2.22. The number of aliphatic carboxylic acids is 1. The predicted octanol–water partition coefficient (Wildman–Crippen LogP) is 2.77. The van der Waals surface area contributed by atoms with Crippen LogP contribution in [0.5, 0.6) is 0 Å². The van der Waals surface area contributed by atoms with Gasteiger partial charge in [-0.2, -0.15) is 4.72 Å². The summed E-state index contributed by atoms with van der Waals surface area (Å²) in [6.45, 7) is -0.237. The predicted molar refractivity (Wildman–Crippen MR) is 120 cm³/mol. The minimum atomic E-state index is -4.15. The van der Waals surface area contributed by atoms with Crippen LogP contribution < -0.4 is 4.72 Å². The van der Waals surface area contributed by atoms with E-state index in [4.69, 9.17) is 0 Å². The summed E-state index contributed by atoms with van der Waals surface area (Å²) < 4.78 is 27.7. The maximum Gasteiger partial charge on any atom is 0.321 e. The van der Waals surface area contributed by atoms with Crippen molar-refractivity contribution in [3.05, 3.63) is 90.0 Å². The van der Waals surface area contributed by atoms with Gasteiger partial charge in [0.05, 0.1) is 16.0 Å². The lowest BCUT2D eigenvalue weighted by atomic mass is 10.1. The quantitative estimate of drug-likeness (QED) is 0.495. The molecular weight excluding hydrogens is 444 g/mol. The average molecular weight is 464 g/mol. The first-order valence-electron chi connectivity index (χ1n) is 10.1. The van der Waals surface area contributed by atoms with Crippen LogP contribution in [0.3, 0.4) is 0 Å². The number of carboxylic acid groups (broad SMARTS) is 1. The fourth-order valence-corrected chi connectivity index (χ4v) is 4.87. The van der Waals surface area contributed by atoms with E-state index in [2.05, 4.69) is 4.72 Å². The third kappa shape index (κ3) is 4.55. The fraction of sp³-hybridized carbons (Fsp3) is 0.125. The maximum absolute atomic E-state index is 12.8. The van der Waals surface area contributed by atoms with Crippen molar-refractivity contribution in [3.63, 3.8) is 0 Å². The van der Waals surface area contributed by atoms with E-state index in [0.717, 1.165) is 16.0 Å². The van der Waals surface area contributed by atoms with Gasteiger partial charge in [-0.05, 0) is 41.8 Å². The highest BCUT2D eigenvalue weighted by Gasteiger charge is 2.36. The van der Waals surface area contributed by atoms with Crippen molar-refractivity contribution in [1.29, 1.82) is 0 Å². The number of fused-ring (bicyclic) bond motifs is 1. The SMILES string of the molecule is O=C(O)[C@H](CCN1C(=O)c2ccccc2C1=O)NS(=O)(=O)c1ccc(-c2ccccc2)cc1. The summed E-state index contributed by atoms with van der Waals surface area (Å²) in [7, 11) is -4.15. The Morgan fingerprint density at radius 2 is 1.33 bits per heavy atom. The van der Waals surface area contributed by atoms with Gasteiger partial charge in [0.2, 0.25) is 10.0 Å². The van der Waals surface area contributed by atoms with E-state index in [0.29, 0.717) is 0 Å². The Morgan fingerprint density at radius 1 is 0.818 bits per heavy atom. The van der Waals surface area contributed by atoms with E-state index in [1.807, 2.05) is 30.3 Å². The van der Waals surface area contributed by atoms with Crippen LogP contribution in [0.4, 0.5) is 0 Å². The van der Waals surface area contributed by atoms with Crippen molar-refractivity contribution in [3.8, 4) is 11.1 Å². The van der Waals surface area contributed by atoms with Crippen LogP contribution in [0.15, 0.2) is 83.8 Å². The Bertz CT molecular complexity index is 1290. The van der Waals surface area contributed by atoms with E-state index >= 15 is 0 Å². The standard InChI is InChI=1S/C24H20N2O6S/c27-22-19-8-4-5-9-20(19)23(28)26(22)15-14-21(24(29)30)25-33(31,32)18-12-10-17(11-13-18)16-6-2-1-3-7-16/h1-13,21,25H,14-15H2,(H,29,30)/t21-/m0/s1. The molecule has 0 radical (unpaired) electrons. The molecule has 33 heavy (non-hydrogen) atoms. The molecule has 2 N–H and O–H groups in total. The average Bonchev–Trinajstić information content (AvgIpc) is 3.07. The maximum atomic E-state index is 12.8. The molecule has 9 heteroatoms. The Morgan fingerprint density at radius 3 is 1.88 bits per heavy atom. The number of hydrogen-bond donors (Lipinski definition) is 2. The fourth-order valence-electron chi connectivity index (χ4n) is 3.65. The number of carbonyl (C=O) groups excluding carboxylic acids is 2. The number of nitrogens with zero attached hydrogens (tertiary/aromatic N) is 1. The van der Waals surface area contributed by atoms with Gasteiger partial charge in [0, 0.05) is 6.54 Å². The zero-order valence-electron chi connectivity index (χ0n) is 17.3. The van der Waals surface area contributed by atoms with Crippen molar-refractivity contribution in [2.24, 2.45) is 0 Å². The largest absolute Gasteiger partial charge is 0.480 e. The van der Waals surface area contributed by atoms with Gasteiger partial charge >= 0.3 is 5.97 Å². The van der Waals surface area contributed by atoms with Crippen molar-refractivity contribution < 1.29 is 27.9 Å². The third-order valence-corrected chi connectivity index (χ3v) is 6.87. The molecule has 1 aliphatic rings. The molecule has 168 valence electrons. The molecule has 0 spiro atoms. The van der Waals surface area contributed by atoms with Gasteiger partial charge in [-0.3, -0.25) is 19.3 Å². The molecule has 0 saturated carbocycles. The molecule has 2 amide bonds. The van der Waals surface area contributed by atoms with Crippen molar-refractivity contribution in [2.45, 2.75) is 17.4 Å². The molecule has 4 rings (SSSR count). The first kappa shape index (κ1) is 22.4. The second-order valence-electron chi connectivity index (χ2n) is 7.50. The Kier molecular flexibility index (Phi) is 6.08. The van der Waals surface area contributed by atoms with E-state index < -0.39 is 33.8 Å². The van der Waals surface area contributed by atoms with Crippen LogP contribution in [-0.2, 0) is 14.8 Å². The van der Waals surface area contributed by atoms with Gasteiger partial charge in [0.15, 0.2) is 0 Å². The van der Waals surface area contributed by atoms with Gasteiger partial charge in [-0.25, -0.2) is 8.42 Å². The first-order valence-corrected chi connectivity index (χ1v) is 11.6. The van der Waals surface area contributed by atoms with Gasteiger partial charge in [0.1, 0.15) is 6.04 Å². The minimum absolute atomic E-state index is 0.0887. The Labute approximate surface area is 190 Å². The molecule has 0 unspecified atom stereocenters. The van der Waals surface area contributed by atoms with Crippen LogP contribution in [-0.4, -0.2) is 48.8 Å². The monoisotopic (exact) mass is 464 g/mol. The molecule has 0 fully saturated rings. The summed E-state index contributed by atoms with van der Waals surface area (Å²) in [5.74, 6) is -2.46. The number of imide groups is 1. The zero-order chi connectivity index (χ0) is 23.6. The van der Waals surface area contributed by atoms with Crippen LogP contribution >= 0.6 is 0 Å². The molecule has 0 aromatic heterocycles. The van der Waals surface area contributed by atoms with Crippen molar-refractivity contribution in [2.75, 3.05) is 6.54 Å². The van der Waals surface area contributed by atoms with Gasteiger partial charge < -0.3 is 5.11 Å². The van der Waals surface area contributed by atoms with E-state index in [-0.39, 0.29) is 29.0 Å². The summed E-state index contributed by atoms with van der Waals surface area (Å²) in [6, 6.07) is 20.2. The summed E-state index contributed by atoms with van der Waals surface area (Å²) >= 11 is 0. The number of amides is 2. The van der Waals surface area contributed by atoms with E-state index in [9.17, 15) is 27.9 Å². The molecule has 8 nitrogen and oxygen atoms in total. The summed E-state index contributed by atoms with van der Waals surface area (Å²) in [4.78, 5) is 37.5. The molecule has 1 atom stereocenters. The lowest BCUT2D eigenvalue weighted by Crippen LogP contribution is -2.43. The number of sulfonamides is 1. The van der Waals surface area contributed by atoms with Crippen LogP contribution in [0.2, 0.25) is 0 Å². The number of carbonyl (C=O) groups is 3. The van der Waals surface area contributed by atoms with E-state index in [1.165, 1.54) is 24.3 Å². The molecule has 3 aromatic carbocycles. The van der Waals surface area contributed by atoms with Crippen molar-refractivity contribution >= 4 is 27.8 Å². The summed E-state index contributed by atoms with van der Waals surface area (Å²) in [5, 5.41) is 9.54. The number of benzene rings is 3. The molecular formula is C24H20N2O6S. The number of rotatable bonds is 8. The molecule has 1 heterocycles. The highest BCUT2D eigenvalue weighted by Crippen LogP contribution is 2.24. The topological polar surface area (TPSA) is 121 Å².